The normalized spacial score (nSPS) is 10.2. The summed E-state index contributed by atoms with van der Waals surface area (Å²) in [6.07, 6.45) is 3.10. The zero-order chi connectivity index (χ0) is 18.2. The Bertz CT molecular complexity index is 853. The maximum absolute atomic E-state index is 12.3. The van der Waals surface area contributed by atoms with E-state index >= 15 is 0 Å². The lowest BCUT2D eigenvalue weighted by atomic mass is 10.2. The fraction of sp³-hybridized carbons (Fsp3) is 0.158. The highest BCUT2D eigenvalue weighted by Crippen LogP contribution is 2.11. The summed E-state index contributed by atoms with van der Waals surface area (Å²) >= 11 is 0. The average Bonchev–Trinajstić information content (AvgIpc) is 2.72. The highest BCUT2D eigenvalue weighted by Gasteiger charge is 2.09. The van der Waals surface area contributed by atoms with Crippen molar-refractivity contribution in [2.24, 2.45) is 0 Å². The number of rotatable bonds is 7. The number of nitrogens with one attached hydrogen (secondary N) is 2. The molecule has 3 aromatic rings. The summed E-state index contributed by atoms with van der Waals surface area (Å²) in [6, 6.07) is 14.8. The molecule has 7 heteroatoms. The number of amides is 1. The molecule has 7 nitrogen and oxygen atoms in total. The van der Waals surface area contributed by atoms with Gasteiger partial charge in [0.25, 0.3) is 5.91 Å². The summed E-state index contributed by atoms with van der Waals surface area (Å²) in [7, 11) is 1.62. The minimum Gasteiger partial charge on any atom is -0.497 e. The van der Waals surface area contributed by atoms with E-state index in [1.165, 1.54) is 6.33 Å². The minimum atomic E-state index is -0.260. The molecule has 2 heterocycles. The van der Waals surface area contributed by atoms with Crippen molar-refractivity contribution in [3.8, 4) is 5.75 Å². The van der Waals surface area contributed by atoms with Crippen LogP contribution in [0.3, 0.4) is 0 Å². The monoisotopic (exact) mass is 349 g/mol. The molecule has 0 aliphatic heterocycles. The van der Waals surface area contributed by atoms with Gasteiger partial charge in [0.1, 0.15) is 23.6 Å². The van der Waals surface area contributed by atoms with Gasteiger partial charge in [-0.05, 0) is 29.8 Å². The fourth-order valence-corrected chi connectivity index (χ4v) is 2.28. The Morgan fingerprint density at radius 3 is 2.62 bits per heavy atom. The average molecular weight is 349 g/mol. The van der Waals surface area contributed by atoms with E-state index in [-0.39, 0.29) is 5.91 Å². The zero-order valence-corrected chi connectivity index (χ0v) is 14.3. The second-order valence-corrected chi connectivity index (χ2v) is 5.49. The molecule has 0 saturated carbocycles. The quantitative estimate of drug-likeness (QED) is 0.681. The molecule has 26 heavy (non-hydrogen) atoms. The predicted octanol–water partition coefficient (Wildman–Crippen LogP) is 2.42. The Kier molecular flexibility index (Phi) is 5.72. The molecule has 2 aromatic heterocycles. The lowest BCUT2D eigenvalue weighted by Gasteiger charge is -2.08. The molecule has 0 aliphatic carbocycles. The number of carbonyl (C=O) groups is 1. The molecule has 0 radical (unpaired) electrons. The van der Waals surface area contributed by atoms with Gasteiger partial charge in [0.2, 0.25) is 0 Å². The number of methoxy groups -OCH3 is 1. The van der Waals surface area contributed by atoms with Crippen LogP contribution in [0.25, 0.3) is 0 Å². The molecule has 1 amide bonds. The van der Waals surface area contributed by atoms with Crippen molar-refractivity contribution in [2.75, 3.05) is 12.4 Å². The molecule has 0 unspecified atom stereocenters. The number of pyridine rings is 1. The summed E-state index contributed by atoms with van der Waals surface area (Å²) in [4.78, 5) is 24.7. The van der Waals surface area contributed by atoms with E-state index in [1.54, 1.807) is 19.4 Å². The number of aromatic nitrogens is 3. The van der Waals surface area contributed by atoms with Crippen molar-refractivity contribution >= 4 is 11.7 Å². The molecule has 0 atom stereocenters. The molecular formula is C19H19N5O2. The first-order valence-electron chi connectivity index (χ1n) is 8.11. The van der Waals surface area contributed by atoms with Crippen LogP contribution in [0.15, 0.2) is 61.1 Å². The second kappa shape index (κ2) is 8.57. The summed E-state index contributed by atoms with van der Waals surface area (Å²) in [5.74, 6) is 1.09. The minimum absolute atomic E-state index is 0.260. The number of nitrogens with zero attached hydrogens (tertiary/aromatic N) is 3. The lowest BCUT2D eigenvalue weighted by Crippen LogP contribution is -2.24. The van der Waals surface area contributed by atoms with Crippen molar-refractivity contribution in [3.63, 3.8) is 0 Å². The first-order chi connectivity index (χ1) is 12.7. The molecule has 3 rings (SSSR count). The van der Waals surface area contributed by atoms with Gasteiger partial charge in [-0.3, -0.25) is 9.78 Å². The first kappa shape index (κ1) is 17.3. The molecule has 1 aromatic carbocycles. The van der Waals surface area contributed by atoms with Crippen LogP contribution in [0.5, 0.6) is 5.75 Å². The highest BCUT2D eigenvalue weighted by molar-refractivity contribution is 5.92. The topological polar surface area (TPSA) is 89.0 Å². The molecule has 0 aliphatic rings. The van der Waals surface area contributed by atoms with Gasteiger partial charge in [-0.25, -0.2) is 9.97 Å². The Morgan fingerprint density at radius 2 is 1.88 bits per heavy atom. The van der Waals surface area contributed by atoms with Crippen molar-refractivity contribution < 1.29 is 9.53 Å². The third-order valence-corrected chi connectivity index (χ3v) is 3.69. The Labute approximate surface area is 151 Å². The van der Waals surface area contributed by atoms with Crippen molar-refractivity contribution in [1.82, 2.24) is 20.3 Å². The van der Waals surface area contributed by atoms with E-state index in [0.717, 1.165) is 17.0 Å². The lowest BCUT2D eigenvalue weighted by molar-refractivity contribution is 0.0946. The largest absolute Gasteiger partial charge is 0.497 e. The van der Waals surface area contributed by atoms with Crippen LogP contribution in [0.2, 0.25) is 0 Å². The summed E-state index contributed by atoms with van der Waals surface area (Å²) < 4.78 is 5.12. The van der Waals surface area contributed by atoms with Gasteiger partial charge < -0.3 is 15.4 Å². The van der Waals surface area contributed by atoms with Crippen LogP contribution in [0.4, 0.5) is 5.82 Å². The molecule has 0 bridgehead atoms. The SMILES string of the molecule is COc1ccc(CNC(=O)c2cc(NCc3ccccn3)ncn2)cc1. The van der Waals surface area contributed by atoms with Crippen LogP contribution >= 0.6 is 0 Å². The van der Waals surface area contributed by atoms with Gasteiger partial charge >= 0.3 is 0 Å². The van der Waals surface area contributed by atoms with Crippen LogP contribution in [-0.4, -0.2) is 28.0 Å². The van der Waals surface area contributed by atoms with E-state index in [9.17, 15) is 4.79 Å². The van der Waals surface area contributed by atoms with Crippen molar-refractivity contribution in [1.29, 1.82) is 0 Å². The van der Waals surface area contributed by atoms with Crippen LogP contribution < -0.4 is 15.4 Å². The summed E-state index contributed by atoms with van der Waals surface area (Å²) in [5, 5.41) is 5.98. The van der Waals surface area contributed by atoms with Gasteiger partial charge in [-0.2, -0.15) is 0 Å². The number of hydrogen-bond donors (Lipinski definition) is 2. The Hall–Kier alpha value is -3.48. The predicted molar refractivity (Wildman–Crippen MR) is 97.8 cm³/mol. The van der Waals surface area contributed by atoms with Crippen LogP contribution in [0, 0.1) is 0 Å². The summed E-state index contributed by atoms with van der Waals surface area (Å²) in [5.41, 5.74) is 2.16. The number of benzene rings is 1. The van der Waals surface area contributed by atoms with Crippen molar-refractivity contribution in [3.05, 3.63) is 78.0 Å². The van der Waals surface area contributed by atoms with Gasteiger partial charge in [0, 0.05) is 18.8 Å². The molecule has 2 N–H and O–H groups in total. The molecule has 0 fully saturated rings. The van der Waals surface area contributed by atoms with E-state index in [4.69, 9.17) is 4.74 Å². The smallest absolute Gasteiger partial charge is 0.270 e. The van der Waals surface area contributed by atoms with Gasteiger partial charge in [-0.1, -0.05) is 18.2 Å². The third kappa shape index (κ3) is 4.76. The maximum Gasteiger partial charge on any atom is 0.270 e. The second-order valence-electron chi connectivity index (χ2n) is 5.49. The van der Waals surface area contributed by atoms with Gasteiger partial charge in [-0.15, -0.1) is 0 Å². The van der Waals surface area contributed by atoms with Gasteiger partial charge in [0.05, 0.1) is 19.3 Å². The van der Waals surface area contributed by atoms with E-state index in [1.807, 2.05) is 42.5 Å². The van der Waals surface area contributed by atoms with Crippen LogP contribution in [-0.2, 0) is 13.1 Å². The molecule has 0 saturated heterocycles. The Balaban J connectivity index is 1.57. The molecule has 132 valence electrons. The third-order valence-electron chi connectivity index (χ3n) is 3.69. The fourth-order valence-electron chi connectivity index (χ4n) is 2.28. The maximum atomic E-state index is 12.3. The standard InChI is InChI=1S/C19H19N5O2/c1-26-16-7-5-14(6-8-16)11-22-19(25)17-10-18(24-13-23-17)21-12-15-4-2-3-9-20-15/h2-10,13H,11-12H2,1H3,(H,22,25)(H,21,23,24). The number of hydrogen-bond acceptors (Lipinski definition) is 6. The zero-order valence-electron chi connectivity index (χ0n) is 14.3. The van der Waals surface area contributed by atoms with Crippen molar-refractivity contribution in [2.45, 2.75) is 13.1 Å². The number of ether oxygens (including phenoxy) is 1. The number of carbonyl (C=O) groups excluding carboxylic acids is 1. The van der Waals surface area contributed by atoms with E-state index in [2.05, 4.69) is 25.6 Å². The highest BCUT2D eigenvalue weighted by atomic mass is 16.5. The summed E-state index contributed by atoms with van der Waals surface area (Å²) in [6.45, 7) is 0.925. The Morgan fingerprint density at radius 1 is 1.04 bits per heavy atom. The van der Waals surface area contributed by atoms with E-state index in [0.29, 0.717) is 24.6 Å². The number of anilines is 1. The van der Waals surface area contributed by atoms with Crippen LogP contribution in [0.1, 0.15) is 21.7 Å². The molecular weight excluding hydrogens is 330 g/mol. The first-order valence-corrected chi connectivity index (χ1v) is 8.11. The molecule has 0 spiro atoms. The van der Waals surface area contributed by atoms with Gasteiger partial charge in [0.15, 0.2) is 0 Å². The van der Waals surface area contributed by atoms with E-state index < -0.39 is 0 Å².